The maximum Gasteiger partial charge on any atom is 0.356 e. The normalized spacial score (nSPS) is 13.6. The Labute approximate surface area is 124 Å². The lowest BCUT2D eigenvalue weighted by Crippen LogP contribution is -2.37. The van der Waals surface area contributed by atoms with Gasteiger partial charge in [0.25, 0.3) is 0 Å². The second-order valence-electron chi connectivity index (χ2n) is 4.31. The Kier molecular flexibility index (Phi) is 3.19. The van der Waals surface area contributed by atoms with Crippen molar-refractivity contribution < 1.29 is 14.7 Å². The van der Waals surface area contributed by atoms with Crippen molar-refractivity contribution in [3.8, 4) is 0 Å². The number of nitrogens with one attached hydrogen (secondary N) is 1. The van der Waals surface area contributed by atoms with Gasteiger partial charge in [0.15, 0.2) is 11.5 Å². The van der Waals surface area contributed by atoms with Crippen LogP contribution in [0.3, 0.4) is 0 Å². The molecule has 0 saturated heterocycles. The fraction of sp³-hybridized carbons (Fsp3) is 0.0769. The quantitative estimate of drug-likeness (QED) is 0.823. The number of carboxylic acid groups (broad SMARTS) is 1. The molecule has 0 radical (unpaired) electrons. The molecule has 1 amide bonds. The molecule has 0 unspecified atom stereocenters. The summed E-state index contributed by atoms with van der Waals surface area (Å²) in [5.74, 6) is -1.37. The first-order chi connectivity index (χ1) is 10.1. The number of hydrogen-bond donors (Lipinski definition) is 2. The summed E-state index contributed by atoms with van der Waals surface area (Å²) in [6.45, 7) is 0.0173. The monoisotopic (exact) mass is 304 g/mol. The second kappa shape index (κ2) is 5.02. The van der Waals surface area contributed by atoms with Crippen molar-refractivity contribution in [2.45, 2.75) is 0 Å². The van der Waals surface area contributed by atoms with E-state index in [0.717, 1.165) is 0 Å². The van der Waals surface area contributed by atoms with Crippen LogP contribution in [0.4, 0.5) is 17.2 Å². The largest absolute Gasteiger partial charge is 0.476 e. The van der Waals surface area contributed by atoms with Gasteiger partial charge in [0.1, 0.15) is 12.2 Å². The zero-order chi connectivity index (χ0) is 15.0. The Morgan fingerprint density at radius 1 is 1.29 bits per heavy atom. The molecule has 1 aliphatic rings. The molecular weight excluding hydrogens is 296 g/mol. The smallest absolute Gasteiger partial charge is 0.356 e. The fourth-order valence-corrected chi connectivity index (χ4v) is 2.27. The molecule has 106 valence electrons. The van der Waals surface area contributed by atoms with Gasteiger partial charge in [-0.15, -0.1) is 0 Å². The molecule has 8 heteroatoms. The summed E-state index contributed by atoms with van der Waals surface area (Å²) < 4.78 is 0. The number of anilines is 3. The van der Waals surface area contributed by atoms with Gasteiger partial charge in [-0.05, 0) is 23.7 Å². The number of halogens is 1. The summed E-state index contributed by atoms with van der Waals surface area (Å²) in [6, 6.07) is 9.03. The van der Waals surface area contributed by atoms with E-state index in [-0.39, 0.29) is 34.9 Å². The van der Waals surface area contributed by atoms with Crippen LogP contribution in [0.1, 0.15) is 10.5 Å². The molecule has 1 aliphatic heterocycles. The van der Waals surface area contributed by atoms with Gasteiger partial charge in [-0.1, -0.05) is 18.2 Å². The Balaban J connectivity index is 2.21. The lowest BCUT2D eigenvalue weighted by atomic mass is 10.2. The molecule has 0 bridgehead atoms. The van der Waals surface area contributed by atoms with Crippen molar-refractivity contribution in [1.29, 1.82) is 0 Å². The van der Waals surface area contributed by atoms with E-state index >= 15 is 0 Å². The van der Waals surface area contributed by atoms with E-state index in [1.165, 1.54) is 0 Å². The fourth-order valence-electron chi connectivity index (χ4n) is 2.11. The Bertz CT molecular complexity index is 736. The van der Waals surface area contributed by atoms with Gasteiger partial charge >= 0.3 is 5.97 Å². The molecule has 0 saturated carbocycles. The molecule has 0 spiro atoms. The zero-order valence-corrected chi connectivity index (χ0v) is 11.3. The maximum absolute atomic E-state index is 11.8. The van der Waals surface area contributed by atoms with E-state index in [1.807, 2.05) is 18.2 Å². The van der Waals surface area contributed by atoms with E-state index in [0.29, 0.717) is 5.69 Å². The summed E-state index contributed by atoms with van der Waals surface area (Å²) >= 11 is 5.79. The number of carbonyl (C=O) groups is 2. The van der Waals surface area contributed by atoms with Crippen molar-refractivity contribution in [2.24, 2.45) is 0 Å². The molecule has 0 aliphatic carbocycles. The lowest BCUT2D eigenvalue weighted by molar-refractivity contribution is -0.115. The number of fused-ring (bicyclic) bond motifs is 1. The van der Waals surface area contributed by atoms with Crippen LogP contribution in [-0.2, 0) is 4.79 Å². The number of nitrogens with zero attached hydrogens (tertiary/aromatic N) is 3. The van der Waals surface area contributed by atoms with Crippen LogP contribution in [0, 0.1) is 0 Å². The van der Waals surface area contributed by atoms with Crippen LogP contribution >= 0.6 is 11.6 Å². The van der Waals surface area contributed by atoms with Gasteiger partial charge in [-0.3, -0.25) is 4.79 Å². The van der Waals surface area contributed by atoms with Gasteiger partial charge in [-0.25, -0.2) is 9.78 Å². The summed E-state index contributed by atoms with van der Waals surface area (Å²) in [4.78, 5) is 32.4. The van der Waals surface area contributed by atoms with Gasteiger partial charge in [-0.2, -0.15) is 4.98 Å². The van der Waals surface area contributed by atoms with Gasteiger partial charge < -0.3 is 15.3 Å². The molecule has 0 fully saturated rings. The SMILES string of the molecule is O=C1CN(c2ccccc2)c2nc(Cl)nc(C(=O)O)c2N1. The molecule has 0 atom stereocenters. The van der Waals surface area contributed by atoms with Crippen molar-refractivity contribution in [1.82, 2.24) is 9.97 Å². The van der Waals surface area contributed by atoms with E-state index in [2.05, 4.69) is 15.3 Å². The third-order valence-electron chi connectivity index (χ3n) is 2.95. The predicted octanol–water partition coefficient (Wildman–Crippen LogP) is 1.92. The second-order valence-corrected chi connectivity index (χ2v) is 4.65. The van der Waals surface area contributed by atoms with E-state index in [1.54, 1.807) is 17.0 Å². The van der Waals surface area contributed by atoms with Crippen LogP contribution in [0.25, 0.3) is 0 Å². The molecule has 2 N–H and O–H groups in total. The Morgan fingerprint density at radius 2 is 2.00 bits per heavy atom. The van der Waals surface area contributed by atoms with E-state index in [9.17, 15) is 14.7 Å². The van der Waals surface area contributed by atoms with E-state index in [4.69, 9.17) is 11.6 Å². The van der Waals surface area contributed by atoms with Gasteiger partial charge in [0.2, 0.25) is 11.2 Å². The number of hydrogen-bond acceptors (Lipinski definition) is 5. The van der Waals surface area contributed by atoms with Crippen LogP contribution in [0.15, 0.2) is 30.3 Å². The average molecular weight is 305 g/mol. The molecule has 21 heavy (non-hydrogen) atoms. The zero-order valence-electron chi connectivity index (χ0n) is 10.6. The molecule has 2 heterocycles. The first-order valence-electron chi connectivity index (χ1n) is 5.99. The van der Waals surface area contributed by atoms with Crippen molar-refractivity contribution in [2.75, 3.05) is 16.8 Å². The van der Waals surface area contributed by atoms with Crippen LogP contribution in [-0.4, -0.2) is 33.5 Å². The van der Waals surface area contributed by atoms with Crippen LogP contribution < -0.4 is 10.2 Å². The standard InChI is InChI=1S/C13H9ClN4O3/c14-13-16-10(12(20)21)9-11(17-13)18(6-8(19)15-9)7-4-2-1-3-5-7/h1-5H,6H2,(H,15,19)(H,20,21). The van der Waals surface area contributed by atoms with Gasteiger partial charge in [0.05, 0.1) is 0 Å². The first-order valence-corrected chi connectivity index (χ1v) is 6.37. The number of aromatic nitrogens is 2. The predicted molar refractivity (Wildman–Crippen MR) is 76.1 cm³/mol. The molecule has 1 aromatic heterocycles. The molecule has 3 rings (SSSR count). The number of rotatable bonds is 2. The topological polar surface area (TPSA) is 95.4 Å². The van der Waals surface area contributed by atoms with Crippen LogP contribution in [0.5, 0.6) is 0 Å². The number of carboxylic acids is 1. The highest BCUT2D eigenvalue weighted by Gasteiger charge is 2.30. The number of para-hydroxylation sites is 1. The Morgan fingerprint density at radius 3 is 2.67 bits per heavy atom. The Hall–Kier alpha value is -2.67. The summed E-state index contributed by atoms with van der Waals surface area (Å²) in [6.07, 6.45) is 0. The maximum atomic E-state index is 11.8. The van der Waals surface area contributed by atoms with Crippen LogP contribution in [0.2, 0.25) is 5.28 Å². The molecular formula is C13H9ClN4O3. The summed E-state index contributed by atoms with van der Waals surface area (Å²) in [7, 11) is 0. The number of aromatic carboxylic acids is 1. The minimum Gasteiger partial charge on any atom is -0.476 e. The van der Waals surface area contributed by atoms with E-state index < -0.39 is 5.97 Å². The highest BCUT2D eigenvalue weighted by Crippen LogP contribution is 2.35. The minimum absolute atomic E-state index is 0.0173. The third-order valence-corrected chi connectivity index (χ3v) is 3.12. The molecule has 2 aromatic rings. The number of carbonyl (C=O) groups excluding carboxylic acids is 1. The van der Waals surface area contributed by atoms with Gasteiger partial charge in [0, 0.05) is 5.69 Å². The molecule has 7 nitrogen and oxygen atoms in total. The highest BCUT2D eigenvalue weighted by molar-refractivity contribution is 6.28. The number of benzene rings is 1. The average Bonchev–Trinajstić information content (AvgIpc) is 2.47. The third kappa shape index (κ3) is 2.38. The number of amides is 1. The minimum atomic E-state index is -1.29. The molecule has 1 aromatic carbocycles. The highest BCUT2D eigenvalue weighted by atomic mass is 35.5. The first kappa shape index (κ1) is 13.3. The lowest BCUT2D eigenvalue weighted by Gasteiger charge is -2.30. The van der Waals surface area contributed by atoms with Crippen molar-refractivity contribution >= 4 is 40.7 Å². The van der Waals surface area contributed by atoms with Crippen molar-refractivity contribution in [3.05, 3.63) is 41.3 Å². The summed E-state index contributed by atoms with van der Waals surface area (Å²) in [5.41, 5.74) is 0.422. The van der Waals surface area contributed by atoms with Crippen molar-refractivity contribution in [3.63, 3.8) is 0 Å². The summed E-state index contributed by atoms with van der Waals surface area (Å²) in [5, 5.41) is 11.5.